The quantitative estimate of drug-likeness (QED) is 0.727. The number of carbonyl (C=O) groups is 1. The number of benzene rings is 2. The molecule has 4 heteroatoms. The normalized spacial score (nSPS) is 15.7. The van der Waals surface area contributed by atoms with Crippen LogP contribution in [0.1, 0.15) is 43.6 Å². The van der Waals surface area contributed by atoms with Crippen LogP contribution < -0.4 is 5.43 Å². The summed E-state index contributed by atoms with van der Waals surface area (Å²) in [7, 11) is 0. The van der Waals surface area contributed by atoms with Crippen LogP contribution in [0.15, 0.2) is 47.3 Å². The highest BCUT2D eigenvalue weighted by Crippen LogP contribution is 2.34. The second kappa shape index (κ2) is 6.36. The number of hydrogen-bond donors (Lipinski definition) is 1. The van der Waals surface area contributed by atoms with Crippen molar-refractivity contribution in [3.05, 3.63) is 58.3 Å². The van der Waals surface area contributed by atoms with E-state index in [1.165, 1.54) is 37.7 Å². The van der Waals surface area contributed by atoms with E-state index in [0.29, 0.717) is 27.7 Å². The molecular formula is C21H21NO3. The van der Waals surface area contributed by atoms with Crippen LogP contribution in [-0.4, -0.2) is 15.6 Å². The maximum atomic E-state index is 13.0. The molecule has 0 bridgehead atoms. The molecule has 3 aromatic rings. The third kappa shape index (κ3) is 2.82. The Balaban J connectivity index is 1.98. The number of carboxylic acids is 1. The number of aromatic nitrogens is 1. The van der Waals surface area contributed by atoms with Crippen molar-refractivity contribution >= 4 is 27.8 Å². The first-order valence-corrected chi connectivity index (χ1v) is 8.92. The van der Waals surface area contributed by atoms with Gasteiger partial charge in [0, 0.05) is 10.8 Å². The topological polar surface area (TPSA) is 59.3 Å². The van der Waals surface area contributed by atoms with Crippen molar-refractivity contribution in [2.45, 2.75) is 44.6 Å². The van der Waals surface area contributed by atoms with E-state index in [-0.39, 0.29) is 12.0 Å². The van der Waals surface area contributed by atoms with E-state index in [0.717, 1.165) is 0 Å². The Hall–Kier alpha value is -2.62. The molecule has 4 nitrogen and oxygen atoms in total. The number of aliphatic carboxylic acids is 1. The Morgan fingerprint density at radius 2 is 1.72 bits per heavy atom. The summed E-state index contributed by atoms with van der Waals surface area (Å²) < 4.78 is 1.74. The molecular weight excluding hydrogens is 314 g/mol. The average Bonchev–Trinajstić information content (AvgIpc) is 2.65. The SMILES string of the molecule is O=C(O)Cn1c2ccccc2c(=O)c2cc(C3CCCCC3)ccc21. The molecule has 1 heterocycles. The van der Waals surface area contributed by atoms with E-state index in [2.05, 4.69) is 6.07 Å². The summed E-state index contributed by atoms with van der Waals surface area (Å²) in [5, 5.41) is 10.5. The summed E-state index contributed by atoms with van der Waals surface area (Å²) in [6.07, 6.45) is 6.11. The molecule has 1 saturated carbocycles. The third-order valence-electron chi connectivity index (χ3n) is 5.37. The van der Waals surface area contributed by atoms with E-state index in [4.69, 9.17) is 0 Å². The number of hydrogen-bond acceptors (Lipinski definition) is 2. The lowest BCUT2D eigenvalue weighted by Gasteiger charge is -2.22. The standard InChI is InChI=1S/C21H21NO3/c23-20(24)13-22-18-9-5-4-8-16(18)21(25)17-12-15(10-11-19(17)22)14-6-2-1-3-7-14/h4-5,8-12,14H,1-3,6-7,13H2,(H,23,24). The molecule has 128 valence electrons. The van der Waals surface area contributed by atoms with Crippen LogP contribution in [0.25, 0.3) is 21.8 Å². The van der Waals surface area contributed by atoms with Crippen LogP contribution in [0.2, 0.25) is 0 Å². The predicted octanol–water partition coefficient (Wildman–Crippen LogP) is 4.29. The van der Waals surface area contributed by atoms with E-state index < -0.39 is 5.97 Å². The maximum Gasteiger partial charge on any atom is 0.323 e. The fourth-order valence-electron chi connectivity index (χ4n) is 4.14. The van der Waals surface area contributed by atoms with Crippen LogP contribution >= 0.6 is 0 Å². The second-order valence-corrected chi connectivity index (χ2v) is 6.94. The minimum Gasteiger partial charge on any atom is -0.480 e. The number of fused-ring (bicyclic) bond motifs is 2. The van der Waals surface area contributed by atoms with Gasteiger partial charge in [-0.15, -0.1) is 0 Å². The number of rotatable bonds is 3. The molecule has 1 fully saturated rings. The monoisotopic (exact) mass is 335 g/mol. The lowest BCUT2D eigenvalue weighted by atomic mass is 9.83. The van der Waals surface area contributed by atoms with Crippen LogP contribution in [0.5, 0.6) is 0 Å². The lowest BCUT2D eigenvalue weighted by molar-refractivity contribution is -0.137. The van der Waals surface area contributed by atoms with Crippen LogP contribution in [-0.2, 0) is 11.3 Å². The summed E-state index contributed by atoms with van der Waals surface area (Å²) in [6.45, 7) is -0.153. The summed E-state index contributed by atoms with van der Waals surface area (Å²) in [4.78, 5) is 24.4. The minimum atomic E-state index is -0.911. The smallest absolute Gasteiger partial charge is 0.323 e. The molecule has 1 N–H and O–H groups in total. The Morgan fingerprint density at radius 3 is 2.48 bits per heavy atom. The Bertz CT molecular complexity index is 1010. The minimum absolute atomic E-state index is 0.00935. The third-order valence-corrected chi connectivity index (χ3v) is 5.37. The molecule has 0 radical (unpaired) electrons. The highest BCUT2D eigenvalue weighted by Gasteiger charge is 2.18. The molecule has 0 unspecified atom stereocenters. The molecule has 0 spiro atoms. The van der Waals surface area contributed by atoms with Gasteiger partial charge in [-0.3, -0.25) is 9.59 Å². The molecule has 0 aliphatic heterocycles. The van der Waals surface area contributed by atoms with Crippen molar-refractivity contribution in [1.82, 2.24) is 4.57 Å². The molecule has 1 aromatic heterocycles. The Morgan fingerprint density at radius 1 is 1.00 bits per heavy atom. The molecule has 0 saturated heterocycles. The number of para-hydroxylation sites is 1. The second-order valence-electron chi connectivity index (χ2n) is 6.94. The van der Waals surface area contributed by atoms with Gasteiger partial charge in [-0.25, -0.2) is 0 Å². The van der Waals surface area contributed by atoms with Gasteiger partial charge >= 0.3 is 5.97 Å². The molecule has 1 aliphatic carbocycles. The molecule has 25 heavy (non-hydrogen) atoms. The maximum absolute atomic E-state index is 13.0. The van der Waals surface area contributed by atoms with Crippen molar-refractivity contribution in [3.63, 3.8) is 0 Å². The van der Waals surface area contributed by atoms with Gasteiger partial charge in [-0.1, -0.05) is 37.5 Å². The van der Waals surface area contributed by atoms with E-state index >= 15 is 0 Å². The number of nitrogens with zero attached hydrogens (tertiary/aromatic N) is 1. The van der Waals surface area contributed by atoms with Gasteiger partial charge in [0.05, 0.1) is 11.0 Å². The summed E-state index contributed by atoms with van der Waals surface area (Å²) in [5.41, 5.74) is 2.57. The largest absolute Gasteiger partial charge is 0.480 e. The van der Waals surface area contributed by atoms with Crippen LogP contribution in [0.4, 0.5) is 0 Å². The van der Waals surface area contributed by atoms with E-state index in [1.807, 2.05) is 30.3 Å². The molecule has 4 rings (SSSR count). The lowest BCUT2D eigenvalue weighted by Crippen LogP contribution is -2.16. The van der Waals surface area contributed by atoms with Crippen molar-refractivity contribution in [3.8, 4) is 0 Å². The zero-order chi connectivity index (χ0) is 17.4. The Labute approximate surface area is 145 Å². The first kappa shape index (κ1) is 15.9. The Kier molecular flexibility index (Phi) is 4.04. The van der Waals surface area contributed by atoms with Gasteiger partial charge in [0.25, 0.3) is 0 Å². The van der Waals surface area contributed by atoms with Gasteiger partial charge in [-0.2, -0.15) is 0 Å². The first-order valence-electron chi connectivity index (χ1n) is 8.92. The fraction of sp³-hybridized carbons (Fsp3) is 0.333. The highest BCUT2D eigenvalue weighted by atomic mass is 16.4. The zero-order valence-electron chi connectivity index (χ0n) is 14.1. The average molecular weight is 335 g/mol. The summed E-state index contributed by atoms with van der Waals surface area (Å²) in [5.74, 6) is -0.400. The number of pyridine rings is 1. The van der Waals surface area contributed by atoms with Crippen molar-refractivity contribution in [2.75, 3.05) is 0 Å². The van der Waals surface area contributed by atoms with E-state index in [9.17, 15) is 14.7 Å². The zero-order valence-corrected chi connectivity index (χ0v) is 14.1. The van der Waals surface area contributed by atoms with E-state index in [1.54, 1.807) is 10.6 Å². The fourth-order valence-corrected chi connectivity index (χ4v) is 4.14. The first-order chi connectivity index (χ1) is 12.1. The van der Waals surface area contributed by atoms with Gasteiger partial charge < -0.3 is 9.67 Å². The molecule has 0 atom stereocenters. The van der Waals surface area contributed by atoms with Crippen molar-refractivity contribution < 1.29 is 9.90 Å². The van der Waals surface area contributed by atoms with Crippen LogP contribution in [0.3, 0.4) is 0 Å². The van der Waals surface area contributed by atoms with Gasteiger partial charge in [-0.05, 0) is 48.6 Å². The summed E-state index contributed by atoms with van der Waals surface area (Å²) in [6, 6.07) is 13.3. The highest BCUT2D eigenvalue weighted by molar-refractivity contribution is 5.94. The predicted molar refractivity (Wildman–Crippen MR) is 99.2 cm³/mol. The van der Waals surface area contributed by atoms with Crippen molar-refractivity contribution in [1.29, 1.82) is 0 Å². The molecule has 0 amide bonds. The molecule has 2 aromatic carbocycles. The van der Waals surface area contributed by atoms with Crippen molar-refractivity contribution in [2.24, 2.45) is 0 Å². The van der Waals surface area contributed by atoms with Gasteiger partial charge in [0.15, 0.2) is 5.43 Å². The van der Waals surface area contributed by atoms with Crippen LogP contribution in [0, 0.1) is 0 Å². The number of carboxylic acid groups (broad SMARTS) is 1. The molecule has 1 aliphatic rings. The van der Waals surface area contributed by atoms with Gasteiger partial charge in [0.2, 0.25) is 0 Å². The van der Waals surface area contributed by atoms with Gasteiger partial charge in [0.1, 0.15) is 6.54 Å². The summed E-state index contributed by atoms with van der Waals surface area (Å²) >= 11 is 0.